The Bertz CT molecular complexity index is 180. The lowest BCUT2D eigenvalue weighted by molar-refractivity contribution is 0.258. The molecule has 16 heavy (non-hydrogen) atoms. The van der Waals surface area contributed by atoms with Crippen molar-refractivity contribution < 1.29 is 0 Å². The Morgan fingerprint density at radius 3 is 2.31 bits per heavy atom. The standard InChI is InChI=1S/C16H32/c1-5-15-10-6-8-14(2)9-7-12-16(3,4)13-11-15/h14-15H,5-13H2,1-4H3. The molecule has 0 heteroatoms. The Kier molecular flexibility index (Phi) is 5.86. The molecule has 0 bridgehead atoms. The van der Waals surface area contributed by atoms with Gasteiger partial charge in [0, 0.05) is 0 Å². The highest BCUT2D eigenvalue weighted by molar-refractivity contribution is 4.73. The van der Waals surface area contributed by atoms with E-state index in [1.54, 1.807) is 0 Å². The van der Waals surface area contributed by atoms with E-state index in [2.05, 4.69) is 27.7 Å². The van der Waals surface area contributed by atoms with Crippen LogP contribution in [0.5, 0.6) is 0 Å². The van der Waals surface area contributed by atoms with Crippen molar-refractivity contribution >= 4 is 0 Å². The molecule has 0 N–H and O–H groups in total. The number of hydrogen-bond donors (Lipinski definition) is 0. The topological polar surface area (TPSA) is 0 Å². The van der Waals surface area contributed by atoms with Crippen molar-refractivity contribution in [3.05, 3.63) is 0 Å². The molecule has 0 heterocycles. The van der Waals surface area contributed by atoms with E-state index >= 15 is 0 Å². The summed E-state index contributed by atoms with van der Waals surface area (Å²) >= 11 is 0. The zero-order valence-electron chi connectivity index (χ0n) is 12.0. The molecule has 1 rings (SSSR count). The first kappa shape index (κ1) is 14.1. The molecule has 0 spiro atoms. The molecular weight excluding hydrogens is 192 g/mol. The van der Waals surface area contributed by atoms with Crippen molar-refractivity contribution in [1.29, 1.82) is 0 Å². The third-order valence-corrected chi connectivity index (χ3v) is 4.67. The summed E-state index contributed by atoms with van der Waals surface area (Å²) in [7, 11) is 0. The van der Waals surface area contributed by atoms with Crippen LogP contribution < -0.4 is 0 Å². The molecule has 1 aliphatic rings. The lowest BCUT2D eigenvalue weighted by Gasteiger charge is -2.26. The smallest absolute Gasteiger partial charge is 0.0354 e. The van der Waals surface area contributed by atoms with Crippen LogP contribution in [-0.4, -0.2) is 0 Å². The lowest BCUT2D eigenvalue weighted by Crippen LogP contribution is -2.13. The van der Waals surface area contributed by atoms with E-state index in [1.807, 2.05) is 0 Å². The van der Waals surface area contributed by atoms with Gasteiger partial charge in [-0.05, 0) is 36.5 Å². The molecule has 0 amide bonds. The summed E-state index contributed by atoms with van der Waals surface area (Å²) in [5, 5.41) is 0. The van der Waals surface area contributed by atoms with Crippen molar-refractivity contribution in [3.8, 4) is 0 Å². The molecule has 0 saturated heterocycles. The molecule has 2 unspecified atom stereocenters. The first-order chi connectivity index (χ1) is 7.53. The Labute approximate surface area is 103 Å². The predicted octanol–water partition coefficient (Wildman–Crippen LogP) is 5.81. The molecule has 0 radical (unpaired) electrons. The third kappa shape index (κ3) is 5.37. The van der Waals surface area contributed by atoms with E-state index in [9.17, 15) is 0 Å². The second-order valence-corrected chi connectivity index (χ2v) is 6.91. The van der Waals surface area contributed by atoms with Gasteiger partial charge in [0.2, 0.25) is 0 Å². The average Bonchev–Trinajstić information content (AvgIpc) is 2.24. The van der Waals surface area contributed by atoms with Gasteiger partial charge in [-0.15, -0.1) is 0 Å². The van der Waals surface area contributed by atoms with Gasteiger partial charge in [0.05, 0.1) is 0 Å². The first-order valence-electron chi connectivity index (χ1n) is 7.53. The summed E-state index contributed by atoms with van der Waals surface area (Å²) in [5.41, 5.74) is 0.595. The van der Waals surface area contributed by atoms with Crippen LogP contribution in [0.1, 0.15) is 85.5 Å². The summed E-state index contributed by atoms with van der Waals surface area (Å²) in [4.78, 5) is 0. The van der Waals surface area contributed by atoms with Gasteiger partial charge in [0.1, 0.15) is 0 Å². The first-order valence-corrected chi connectivity index (χ1v) is 7.53. The van der Waals surface area contributed by atoms with Crippen molar-refractivity contribution in [1.82, 2.24) is 0 Å². The van der Waals surface area contributed by atoms with E-state index < -0.39 is 0 Å². The highest BCUT2D eigenvalue weighted by Crippen LogP contribution is 2.34. The van der Waals surface area contributed by atoms with Gasteiger partial charge in [0.15, 0.2) is 0 Å². The SMILES string of the molecule is CCC1CCCC(C)CCCC(C)(C)CC1. The Morgan fingerprint density at radius 1 is 0.938 bits per heavy atom. The quantitative estimate of drug-likeness (QED) is 0.527. The van der Waals surface area contributed by atoms with Crippen LogP contribution in [0.25, 0.3) is 0 Å². The zero-order chi connectivity index (χ0) is 12.0. The second-order valence-electron chi connectivity index (χ2n) is 6.91. The van der Waals surface area contributed by atoms with Gasteiger partial charge in [0.25, 0.3) is 0 Å². The van der Waals surface area contributed by atoms with Gasteiger partial charge in [-0.2, -0.15) is 0 Å². The summed E-state index contributed by atoms with van der Waals surface area (Å²) in [6.07, 6.45) is 13.1. The van der Waals surface area contributed by atoms with E-state index in [1.165, 1.54) is 57.8 Å². The average molecular weight is 224 g/mol. The fraction of sp³-hybridized carbons (Fsp3) is 1.00. The Hall–Kier alpha value is 0. The molecule has 0 aromatic rings. The van der Waals surface area contributed by atoms with E-state index in [-0.39, 0.29) is 0 Å². The van der Waals surface area contributed by atoms with E-state index in [0.29, 0.717) is 5.41 Å². The van der Waals surface area contributed by atoms with Crippen LogP contribution in [0.4, 0.5) is 0 Å². The Balaban J connectivity index is 2.50. The molecule has 0 nitrogen and oxygen atoms in total. The zero-order valence-corrected chi connectivity index (χ0v) is 12.0. The van der Waals surface area contributed by atoms with Gasteiger partial charge in [-0.3, -0.25) is 0 Å². The van der Waals surface area contributed by atoms with Crippen LogP contribution in [-0.2, 0) is 0 Å². The minimum Gasteiger partial charge on any atom is -0.0651 e. The summed E-state index contributed by atoms with van der Waals surface area (Å²) < 4.78 is 0. The molecule has 0 aromatic carbocycles. The van der Waals surface area contributed by atoms with Crippen LogP contribution in [0.3, 0.4) is 0 Å². The van der Waals surface area contributed by atoms with Crippen LogP contribution >= 0.6 is 0 Å². The van der Waals surface area contributed by atoms with E-state index in [0.717, 1.165) is 11.8 Å². The Morgan fingerprint density at radius 2 is 1.62 bits per heavy atom. The summed E-state index contributed by atoms with van der Waals surface area (Å²) in [5.74, 6) is 1.97. The van der Waals surface area contributed by atoms with Crippen molar-refractivity contribution in [2.24, 2.45) is 17.3 Å². The maximum absolute atomic E-state index is 2.47. The lowest BCUT2D eigenvalue weighted by atomic mass is 9.79. The minimum absolute atomic E-state index is 0.595. The maximum atomic E-state index is 2.47. The van der Waals surface area contributed by atoms with Crippen molar-refractivity contribution in [2.45, 2.75) is 85.5 Å². The molecule has 0 aromatic heterocycles. The van der Waals surface area contributed by atoms with Gasteiger partial charge < -0.3 is 0 Å². The minimum atomic E-state index is 0.595. The predicted molar refractivity (Wildman–Crippen MR) is 73.7 cm³/mol. The molecular formula is C16H32. The highest BCUT2D eigenvalue weighted by Gasteiger charge is 2.20. The third-order valence-electron chi connectivity index (χ3n) is 4.67. The summed E-state index contributed by atoms with van der Waals surface area (Å²) in [6.45, 7) is 9.77. The maximum Gasteiger partial charge on any atom is -0.0354 e. The second kappa shape index (κ2) is 6.67. The molecule has 1 aliphatic carbocycles. The fourth-order valence-corrected chi connectivity index (χ4v) is 3.10. The molecule has 0 aliphatic heterocycles. The van der Waals surface area contributed by atoms with Crippen LogP contribution in [0.15, 0.2) is 0 Å². The van der Waals surface area contributed by atoms with Crippen LogP contribution in [0.2, 0.25) is 0 Å². The van der Waals surface area contributed by atoms with Crippen LogP contribution in [0, 0.1) is 17.3 Å². The van der Waals surface area contributed by atoms with Gasteiger partial charge in [-0.25, -0.2) is 0 Å². The normalized spacial score (nSPS) is 33.0. The van der Waals surface area contributed by atoms with Gasteiger partial charge >= 0.3 is 0 Å². The summed E-state index contributed by atoms with van der Waals surface area (Å²) in [6, 6.07) is 0. The fourth-order valence-electron chi connectivity index (χ4n) is 3.10. The number of hydrogen-bond acceptors (Lipinski definition) is 0. The molecule has 1 saturated carbocycles. The highest BCUT2D eigenvalue weighted by atomic mass is 14.3. The number of rotatable bonds is 1. The molecule has 2 atom stereocenters. The largest absolute Gasteiger partial charge is 0.0651 e. The monoisotopic (exact) mass is 224 g/mol. The molecule has 1 fully saturated rings. The van der Waals surface area contributed by atoms with E-state index in [4.69, 9.17) is 0 Å². The van der Waals surface area contributed by atoms with Crippen molar-refractivity contribution in [3.63, 3.8) is 0 Å². The molecule has 96 valence electrons. The van der Waals surface area contributed by atoms with Crippen molar-refractivity contribution in [2.75, 3.05) is 0 Å². The van der Waals surface area contributed by atoms with Gasteiger partial charge in [-0.1, -0.05) is 66.2 Å².